The summed E-state index contributed by atoms with van der Waals surface area (Å²) in [5.74, 6) is 0.450. The van der Waals surface area contributed by atoms with Crippen molar-refractivity contribution in [2.24, 2.45) is 0 Å². The third-order valence-electron chi connectivity index (χ3n) is 4.33. The molecule has 1 N–H and O–H groups in total. The molecule has 0 spiro atoms. The topological polar surface area (TPSA) is 37.3 Å². The molecule has 0 bridgehead atoms. The fraction of sp³-hybridized carbons (Fsp3) is 0.136. The number of hydrogen-bond acceptors (Lipinski definition) is 2. The van der Waals surface area contributed by atoms with E-state index in [-0.39, 0.29) is 0 Å². The maximum Gasteiger partial charge on any atom is 0.319 e. The van der Waals surface area contributed by atoms with Crippen molar-refractivity contribution in [2.75, 3.05) is 5.75 Å². The van der Waals surface area contributed by atoms with Gasteiger partial charge in [-0.05, 0) is 16.7 Å². The van der Waals surface area contributed by atoms with Gasteiger partial charge in [-0.1, -0.05) is 91.0 Å². The highest BCUT2D eigenvalue weighted by Crippen LogP contribution is 2.37. The minimum atomic E-state index is -1.05. The van der Waals surface area contributed by atoms with Crippen LogP contribution in [0.1, 0.15) is 16.7 Å². The Bertz CT molecular complexity index is 762. The second kappa shape index (κ2) is 8.04. The Morgan fingerprint density at radius 2 is 1.20 bits per heavy atom. The fourth-order valence-electron chi connectivity index (χ4n) is 2.98. The van der Waals surface area contributed by atoms with Crippen molar-refractivity contribution in [3.05, 3.63) is 108 Å². The Morgan fingerprint density at radius 3 is 1.64 bits per heavy atom. The lowest BCUT2D eigenvalue weighted by atomic mass is 9.76. The van der Waals surface area contributed by atoms with E-state index in [9.17, 15) is 9.90 Å². The van der Waals surface area contributed by atoms with Gasteiger partial charge in [0.05, 0.1) is 0 Å². The molecule has 0 amide bonds. The standard InChI is InChI=1S/C22H20O2S/c23-21(24)22(19-12-6-2-7-13-19,20-14-8-3-9-15-20)17-25-16-18-10-4-1-5-11-18/h1-15H,16-17H2,(H,23,24). The Morgan fingerprint density at radius 1 is 0.760 bits per heavy atom. The van der Waals surface area contributed by atoms with Crippen molar-refractivity contribution < 1.29 is 9.90 Å². The van der Waals surface area contributed by atoms with Gasteiger partial charge in [-0.2, -0.15) is 11.8 Å². The number of benzene rings is 3. The zero-order valence-corrected chi connectivity index (χ0v) is 14.7. The van der Waals surface area contributed by atoms with E-state index in [1.54, 1.807) is 11.8 Å². The summed E-state index contributed by atoms with van der Waals surface area (Å²) in [5.41, 5.74) is 1.78. The van der Waals surface area contributed by atoms with Crippen LogP contribution in [0.15, 0.2) is 91.0 Å². The first-order chi connectivity index (χ1) is 12.2. The predicted octanol–water partition coefficient (Wildman–Crippen LogP) is 4.99. The molecule has 0 radical (unpaired) electrons. The molecule has 25 heavy (non-hydrogen) atoms. The summed E-state index contributed by atoms with van der Waals surface area (Å²) in [4.78, 5) is 12.5. The summed E-state index contributed by atoms with van der Waals surface area (Å²) >= 11 is 1.65. The summed E-state index contributed by atoms with van der Waals surface area (Å²) < 4.78 is 0. The Balaban J connectivity index is 1.95. The van der Waals surface area contributed by atoms with Crippen LogP contribution in [0.25, 0.3) is 0 Å². The first-order valence-corrected chi connectivity index (χ1v) is 9.35. The second-order valence-corrected chi connectivity index (χ2v) is 6.91. The predicted molar refractivity (Wildman–Crippen MR) is 104 cm³/mol. The highest BCUT2D eigenvalue weighted by atomic mass is 32.2. The minimum Gasteiger partial charge on any atom is -0.480 e. The molecule has 0 fully saturated rings. The van der Waals surface area contributed by atoms with Crippen molar-refractivity contribution in [1.29, 1.82) is 0 Å². The van der Waals surface area contributed by atoms with Crippen molar-refractivity contribution >= 4 is 17.7 Å². The number of hydrogen-bond donors (Lipinski definition) is 1. The number of thioether (sulfide) groups is 1. The van der Waals surface area contributed by atoms with E-state index in [1.165, 1.54) is 5.56 Å². The highest BCUT2D eigenvalue weighted by Gasteiger charge is 2.42. The molecular formula is C22H20O2S. The average molecular weight is 348 g/mol. The maximum atomic E-state index is 12.5. The van der Waals surface area contributed by atoms with Gasteiger partial charge >= 0.3 is 5.97 Å². The SMILES string of the molecule is O=C(O)C(CSCc1ccccc1)(c1ccccc1)c1ccccc1. The molecule has 126 valence electrons. The van der Waals surface area contributed by atoms with Crippen LogP contribution in [0.4, 0.5) is 0 Å². The van der Waals surface area contributed by atoms with Gasteiger partial charge in [-0.3, -0.25) is 4.79 Å². The van der Waals surface area contributed by atoms with E-state index in [2.05, 4.69) is 12.1 Å². The van der Waals surface area contributed by atoms with Crippen LogP contribution in [-0.2, 0) is 16.0 Å². The quantitative estimate of drug-likeness (QED) is 0.653. The van der Waals surface area contributed by atoms with Crippen LogP contribution < -0.4 is 0 Å². The lowest BCUT2D eigenvalue weighted by molar-refractivity contribution is -0.141. The fourth-order valence-corrected chi connectivity index (χ4v) is 4.28. The van der Waals surface area contributed by atoms with Crippen LogP contribution >= 0.6 is 11.8 Å². The molecule has 0 atom stereocenters. The van der Waals surface area contributed by atoms with Gasteiger partial charge in [0, 0.05) is 11.5 Å². The molecule has 0 aromatic heterocycles. The summed E-state index contributed by atoms with van der Waals surface area (Å²) in [5, 5.41) is 10.2. The Hall–Kier alpha value is -2.52. The monoisotopic (exact) mass is 348 g/mol. The summed E-state index contributed by atoms with van der Waals surface area (Å²) in [6, 6.07) is 29.2. The number of carboxylic acid groups (broad SMARTS) is 1. The molecule has 2 nitrogen and oxygen atoms in total. The summed E-state index contributed by atoms with van der Waals surface area (Å²) in [6.45, 7) is 0. The van der Waals surface area contributed by atoms with E-state index >= 15 is 0 Å². The lowest BCUT2D eigenvalue weighted by Gasteiger charge is -2.30. The van der Waals surface area contributed by atoms with Gasteiger partial charge in [0.25, 0.3) is 0 Å². The van der Waals surface area contributed by atoms with Gasteiger partial charge in [-0.15, -0.1) is 0 Å². The lowest BCUT2D eigenvalue weighted by Crippen LogP contribution is -2.39. The molecule has 0 heterocycles. The van der Waals surface area contributed by atoms with Crippen LogP contribution in [0.2, 0.25) is 0 Å². The molecule has 0 aliphatic carbocycles. The summed E-state index contributed by atoms with van der Waals surface area (Å²) in [7, 11) is 0. The van der Waals surface area contributed by atoms with Gasteiger partial charge in [0.15, 0.2) is 0 Å². The minimum absolute atomic E-state index is 0.477. The van der Waals surface area contributed by atoms with Gasteiger partial charge in [0.2, 0.25) is 0 Å². The number of aliphatic carboxylic acids is 1. The van der Waals surface area contributed by atoms with Crippen LogP contribution in [0.3, 0.4) is 0 Å². The van der Waals surface area contributed by atoms with Crippen molar-refractivity contribution in [3.8, 4) is 0 Å². The zero-order chi connectivity index (χ0) is 17.5. The van der Waals surface area contributed by atoms with Crippen LogP contribution in [-0.4, -0.2) is 16.8 Å². The number of carboxylic acids is 1. The zero-order valence-electron chi connectivity index (χ0n) is 13.8. The third kappa shape index (κ3) is 3.77. The largest absolute Gasteiger partial charge is 0.480 e. The van der Waals surface area contributed by atoms with E-state index < -0.39 is 11.4 Å². The van der Waals surface area contributed by atoms with E-state index in [4.69, 9.17) is 0 Å². The number of rotatable bonds is 7. The smallest absolute Gasteiger partial charge is 0.319 e. The molecule has 3 rings (SSSR count). The molecular weight excluding hydrogens is 328 g/mol. The third-order valence-corrected chi connectivity index (χ3v) is 5.50. The number of carbonyl (C=O) groups is 1. The molecule has 3 aromatic carbocycles. The van der Waals surface area contributed by atoms with E-state index in [0.717, 1.165) is 16.9 Å². The first kappa shape index (κ1) is 17.3. The Labute approximate surface area is 152 Å². The van der Waals surface area contributed by atoms with Gasteiger partial charge in [-0.25, -0.2) is 0 Å². The van der Waals surface area contributed by atoms with Crippen LogP contribution in [0.5, 0.6) is 0 Å². The summed E-state index contributed by atoms with van der Waals surface area (Å²) in [6.07, 6.45) is 0. The van der Waals surface area contributed by atoms with Crippen molar-refractivity contribution in [3.63, 3.8) is 0 Å². The molecule has 3 heteroatoms. The molecule has 0 aliphatic rings. The average Bonchev–Trinajstić information content (AvgIpc) is 2.67. The molecule has 0 saturated heterocycles. The van der Waals surface area contributed by atoms with E-state index in [0.29, 0.717) is 5.75 Å². The molecule has 0 aliphatic heterocycles. The van der Waals surface area contributed by atoms with Crippen LogP contribution in [0, 0.1) is 0 Å². The normalized spacial score (nSPS) is 11.2. The second-order valence-electron chi connectivity index (χ2n) is 5.92. The maximum absolute atomic E-state index is 12.5. The first-order valence-electron chi connectivity index (χ1n) is 8.19. The molecule has 0 unspecified atom stereocenters. The van der Waals surface area contributed by atoms with Gasteiger partial charge < -0.3 is 5.11 Å². The van der Waals surface area contributed by atoms with Gasteiger partial charge in [0.1, 0.15) is 5.41 Å². The highest BCUT2D eigenvalue weighted by molar-refractivity contribution is 7.98. The van der Waals surface area contributed by atoms with Crippen molar-refractivity contribution in [1.82, 2.24) is 0 Å². The van der Waals surface area contributed by atoms with Crippen molar-refractivity contribution in [2.45, 2.75) is 11.2 Å². The molecule has 3 aromatic rings. The Kier molecular flexibility index (Phi) is 5.56. The molecule has 0 saturated carbocycles. The van der Waals surface area contributed by atoms with E-state index in [1.807, 2.05) is 78.9 Å².